The van der Waals surface area contributed by atoms with Crippen LogP contribution in [-0.4, -0.2) is 11.3 Å². The highest BCUT2D eigenvalue weighted by molar-refractivity contribution is 7.02. The maximum atomic E-state index is 7.08. The Morgan fingerprint density at radius 3 is 1.49 bits per heavy atom. The van der Waals surface area contributed by atoms with Crippen molar-refractivity contribution in [3.05, 3.63) is 339 Å². The van der Waals surface area contributed by atoms with Gasteiger partial charge in [-0.25, -0.2) is 0 Å². The molecular formula is C94H72BN5O. The van der Waals surface area contributed by atoms with Gasteiger partial charge in [-0.3, -0.25) is 0 Å². The van der Waals surface area contributed by atoms with Crippen molar-refractivity contribution in [3.63, 3.8) is 0 Å². The van der Waals surface area contributed by atoms with Crippen LogP contribution in [0.3, 0.4) is 0 Å². The molecule has 0 amide bonds. The van der Waals surface area contributed by atoms with Crippen molar-refractivity contribution < 1.29 is 4.42 Å². The number of fused-ring (bicyclic) bond motifs is 13. The van der Waals surface area contributed by atoms with E-state index in [9.17, 15) is 0 Å². The number of furan rings is 1. The van der Waals surface area contributed by atoms with E-state index < -0.39 is 0 Å². The second kappa shape index (κ2) is 23.2. The molecule has 7 heteroatoms. The molecule has 2 aliphatic heterocycles. The van der Waals surface area contributed by atoms with Gasteiger partial charge in [0.1, 0.15) is 5.58 Å². The van der Waals surface area contributed by atoms with Crippen LogP contribution in [0.2, 0.25) is 0 Å². The van der Waals surface area contributed by atoms with E-state index in [-0.39, 0.29) is 17.5 Å². The molecule has 0 saturated heterocycles. The van der Waals surface area contributed by atoms with Crippen LogP contribution in [0.15, 0.2) is 332 Å². The highest BCUT2D eigenvalue weighted by Crippen LogP contribution is 2.52. The number of para-hydroxylation sites is 4. The summed E-state index contributed by atoms with van der Waals surface area (Å²) in [7, 11) is 0. The standard InChI is InChI=1S/C94H72BN5O/c1-93(2,3)67-41-47-70(48-42-67)99-83-54-53-82-89(79-34-17-19-36-81(79)98(82)69-30-11-8-12-31-69)91(83)95-80-52-51-75(97(72-32-21-29-66(55-72)61-23-9-7-10-24-61)84-37-22-35-78-77-33-18-20-38-88(77)101-92(78)84)58-85(80)100(71-49-43-68(44-50-71)94(4,5)6)87-60-76(59-86(99)90(87)95)96(73-45-39-62-25-13-15-27-64(62)56-73)74-46-40-63-26-14-16-28-65(63)57-74/h7-60H,1-6H3. The van der Waals surface area contributed by atoms with Crippen LogP contribution in [0.4, 0.5) is 68.2 Å². The summed E-state index contributed by atoms with van der Waals surface area (Å²) in [6.45, 7) is 13.6. The van der Waals surface area contributed by atoms with Crippen molar-refractivity contribution >= 4 is 157 Å². The zero-order valence-corrected chi connectivity index (χ0v) is 57.4. The van der Waals surface area contributed by atoms with Gasteiger partial charge >= 0.3 is 0 Å². The summed E-state index contributed by atoms with van der Waals surface area (Å²) in [4.78, 5) is 10.1. The molecule has 0 fully saturated rings. The van der Waals surface area contributed by atoms with Crippen LogP contribution >= 0.6 is 0 Å². The summed E-state index contributed by atoms with van der Waals surface area (Å²) < 4.78 is 9.56. The molecule has 0 unspecified atom stereocenters. The first-order chi connectivity index (χ1) is 49.4. The first-order valence-corrected chi connectivity index (χ1v) is 35.2. The fourth-order valence-corrected chi connectivity index (χ4v) is 16.3. The predicted molar refractivity (Wildman–Crippen MR) is 429 cm³/mol. The lowest BCUT2D eigenvalue weighted by atomic mass is 9.33. The highest BCUT2D eigenvalue weighted by Gasteiger charge is 2.46. The number of rotatable bonds is 10. The van der Waals surface area contributed by atoms with Crippen molar-refractivity contribution in [1.29, 1.82) is 0 Å². The van der Waals surface area contributed by atoms with Gasteiger partial charge in [0.05, 0.1) is 22.4 Å². The Kier molecular flexibility index (Phi) is 13.7. The number of nitrogens with zero attached hydrogens (tertiary/aromatic N) is 5. The van der Waals surface area contributed by atoms with Crippen molar-refractivity contribution in [3.8, 4) is 16.8 Å². The maximum absolute atomic E-state index is 7.08. The Bertz CT molecular complexity index is 6060. The number of benzene rings is 15. The molecule has 0 radical (unpaired) electrons. The Balaban J connectivity index is 0.960. The average molecular weight is 1300 g/mol. The number of hydrogen-bond donors (Lipinski definition) is 0. The molecule has 2 aromatic heterocycles. The minimum absolute atomic E-state index is 0.0708. The van der Waals surface area contributed by atoms with Gasteiger partial charge in [0.15, 0.2) is 5.58 Å². The fraction of sp³-hybridized carbons (Fsp3) is 0.0851. The lowest BCUT2D eigenvalue weighted by molar-refractivity contribution is 0.590. The molecule has 0 saturated carbocycles. The molecule has 15 aromatic carbocycles. The SMILES string of the molecule is CC(C)(C)c1ccc(N2c3cc(N(c4cccc(-c5ccccc5)c4)c4cccc5c4oc4ccccc45)ccc3B3c4c2cc(N(c2ccc5ccccc5c2)c2ccc5ccccc5c2)cc4N(c2ccc(C(C)(C)C)cc2)c2ccc4c(c23)c2ccccc2n4-c2ccccc2)cc1. The predicted octanol–water partition coefficient (Wildman–Crippen LogP) is 24.3. The summed E-state index contributed by atoms with van der Waals surface area (Å²) in [5, 5.41) is 9.29. The molecule has 0 bridgehead atoms. The van der Waals surface area contributed by atoms with Gasteiger partial charge in [-0.2, -0.15) is 0 Å². The van der Waals surface area contributed by atoms with E-state index in [1.807, 2.05) is 0 Å². The van der Waals surface area contributed by atoms with E-state index >= 15 is 0 Å². The summed E-state index contributed by atoms with van der Waals surface area (Å²) in [5.74, 6) is 0. The molecule has 101 heavy (non-hydrogen) atoms. The third-order valence-corrected chi connectivity index (χ3v) is 21.2. The number of hydrogen-bond acceptors (Lipinski definition) is 5. The van der Waals surface area contributed by atoms with Crippen molar-refractivity contribution in [2.75, 3.05) is 19.6 Å². The topological polar surface area (TPSA) is 31.0 Å². The molecule has 2 aliphatic rings. The van der Waals surface area contributed by atoms with Gasteiger partial charge in [0.25, 0.3) is 6.71 Å². The van der Waals surface area contributed by atoms with Crippen LogP contribution in [0, 0.1) is 0 Å². The van der Waals surface area contributed by atoms with E-state index in [0.29, 0.717) is 0 Å². The normalized spacial score (nSPS) is 12.8. The largest absolute Gasteiger partial charge is 0.454 e. The van der Waals surface area contributed by atoms with Gasteiger partial charge in [0, 0.05) is 84.1 Å². The summed E-state index contributed by atoms with van der Waals surface area (Å²) >= 11 is 0. The highest BCUT2D eigenvalue weighted by atomic mass is 16.3. The van der Waals surface area contributed by atoms with E-state index in [0.717, 1.165) is 118 Å². The van der Waals surface area contributed by atoms with Crippen LogP contribution in [-0.2, 0) is 10.8 Å². The average Bonchev–Trinajstić information content (AvgIpc) is 1.65. The first-order valence-electron chi connectivity index (χ1n) is 35.2. The summed E-state index contributed by atoms with van der Waals surface area (Å²) in [6.07, 6.45) is 0. The van der Waals surface area contributed by atoms with E-state index in [2.05, 4.69) is 393 Å². The van der Waals surface area contributed by atoms with Crippen molar-refractivity contribution in [2.45, 2.75) is 52.4 Å². The lowest BCUT2D eigenvalue weighted by Crippen LogP contribution is -2.61. The second-order valence-electron chi connectivity index (χ2n) is 29.3. The van der Waals surface area contributed by atoms with Crippen LogP contribution in [0.1, 0.15) is 52.7 Å². The smallest absolute Gasteiger partial charge is 0.253 e. The summed E-state index contributed by atoms with van der Waals surface area (Å²) in [6, 6.07) is 122. The molecule has 0 atom stereocenters. The van der Waals surface area contributed by atoms with Crippen molar-refractivity contribution in [2.24, 2.45) is 0 Å². The van der Waals surface area contributed by atoms with Gasteiger partial charge in [-0.15, -0.1) is 0 Å². The first kappa shape index (κ1) is 59.9. The van der Waals surface area contributed by atoms with Crippen LogP contribution in [0.5, 0.6) is 0 Å². The third kappa shape index (κ3) is 9.85. The Labute approximate surface area is 589 Å². The molecule has 17 aromatic rings. The number of anilines is 12. The Morgan fingerprint density at radius 2 is 0.832 bits per heavy atom. The third-order valence-electron chi connectivity index (χ3n) is 21.2. The van der Waals surface area contributed by atoms with E-state index in [1.54, 1.807) is 0 Å². The van der Waals surface area contributed by atoms with Crippen LogP contribution < -0.4 is 36.0 Å². The molecule has 0 aliphatic carbocycles. The second-order valence-corrected chi connectivity index (χ2v) is 29.3. The van der Waals surface area contributed by atoms with Crippen LogP contribution in [0.25, 0.3) is 82.1 Å². The molecule has 482 valence electrons. The minimum atomic E-state index is -0.287. The zero-order chi connectivity index (χ0) is 67.8. The van der Waals surface area contributed by atoms with Gasteiger partial charge in [-0.05, 0) is 198 Å². The van der Waals surface area contributed by atoms with E-state index in [4.69, 9.17) is 4.42 Å². The van der Waals surface area contributed by atoms with Gasteiger partial charge < -0.3 is 28.6 Å². The molecule has 0 N–H and O–H groups in total. The zero-order valence-electron chi connectivity index (χ0n) is 57.4. The lowest BCUT2D eigenvalue weighted by Gasteiger charge is -2.45. The molecule has 0 spiro atoms. The fourth-order valence-electron chi connectivity index (χ4n) is 16.3. The Morgan fingerprint density at radius 1 is 0.317 bits per heavy atom. The molecule has 19 rings (SSSR count). The Hall–Kier alpha value is -12.3. The maximum Gasteiger partial charge on any atom is 0.253 e. The summed E-state index contributed by atoms with van der Waals surface area (Å²) in [5.41, 5.74) is 26.0. The van der Waals surface area contributed by atoms with Crippen molar-refractivity contribution in [1.82, 2.24) is 4.57 Å². The van der Waals surface area contributed by atoms with E-state index in [1.165, 1.54) is 59.8 Å². The molecule has 4 heterocycles. The minimum Gasteiger partial charge on any atom is -0.454 e. The molecule has 6 nitrogen and oxygen atoms in total. The number of aromatic nitrogens is 1. The molecular weight excluding hydrogens is 1230 g/mol. The van der Waals surface area contributed by atoms with Gasteiger partial charge in [0.2, 0.25) is 0 Å². The quantitative estimate of drug-likeness (QED) is 0.127. The van der Waals surface area contributed by atoms with Gasteiger partial charge in [-0.1, -0.05) is 242 Å². The monoisotopic (exact) mass is 1300 g/mol.